The Kier molecular flexibility index (Phi) is 4.97. The average molecular weight is 281 g/mol. The maximum Gasteiger partial charge on any atom is 0.274 e. The topological polar surface area (TPSA) is 58.4 Å². The molecule has 1 aromatic heterocycles. The fourth-order valence-electron chi connectivity index (χ4n) is 2.22. The highest BCUT2D eigenvalue weighted by Crippen LogP contribution is 2.18. The molecule has 5 nitrogen and oxygen atoms in total. The molecule has 1 unspecified atom stereocenters. The van der Waals surface area contributed by atoms with Crippen molar-refractivity contribution in [3.63, 3.8) is 0 Å². The lowest BCUT2D eigenvalue weighted by Gasteiger charge is -2.27. The summed E-state index contributed by atoms with van der Waals surface area (Å²) in [5, 5.41) is 14.0. The maximum absolute atomic E-state index is 12.6. The van der Waals surface area contributed by atoms with Crippen molar-refractivity contribution in [2.75, 3.05) is 6.54 Å². The second-order valence-corrected chi connectivity index (χ2v) is 6.65. The minimum Gasteiger partial charge on any atom is -0.392 e. The van der Waals surface area contributed by atoms with E-state index in [2.05, 4.69) is 25.9 Å². The molecule has 1 rings (SSSR count). The second kappa shape index (κ2) is 5.95. The number of carbonyl (C=O) groups excluding carboxylic acids is 1. The first-order valence-electron chi connectivity index (χ1n) is 7.10. The van der Waals surface area contributed by atoms with Gasteiger partial charge in [0.05, 0.1) is 11.6 Å². The maximum atomic E-state index is 12.6. The molecule has 0 aromatic carbocycles. The first kappa shape index (κ1) is 16.7. The molecule has 1 N–H and O–H groups in total. The SMILES string of the molecule is Cc1cc(C(=O)N(CC(C)O)C(C)C)nn1C(C)(C)C. The summed E-state index contributed by atoms with van der Waals surface area (Å²) >= 11 is 0. The number of hydrogen-bond donors (Lipinski definition) is 1. The Hall–Kier alpha value is -1.36. The van der Waals surface area contributed by atoms with E-state index in [9.17, 15) is 9.90 Å². The van der Waals surface area contributed by atoms with Gasteiger partial charge in [-0.05, 0) is 54.5 Å². The summed E-state index contributed by atoms with van der Waals surface area (Å²) in [5.41, 5.74) is 1.24. The fourth-order valence-corrected chi connectivity index (χ4v) is 2.22. The number of amides is 1. The van der Waals surface area contributed by atoms with E-state index < -0.39 is 6.10 Å². The van der Waals surface area contributed by atoms with Gasteiger partial charge in [0, 0.05) is 18.3 Å². The van der Waals surface area contributed by atoms with E-state index in [-0.39, 0.29) is 17.5 Å². The molecule has 5 heteroatoms. The van der Waals surface area contributed by atoms with Crippen LogP contribution in [-0.2, 0) is 5.54 Å². The molecular weight excluding hydrogens is 254 g/mol. The molecule has 1 heterocycles. The largest absolute Gasteiger partial charge is 0.392 e. The zero-order chi connectivity index (χ0) is 15.7. The van der Waals surface area contributed by atoms with Gasteiger partial charge in [0.1, 0.15) is 0 Å². The molecule has 0 spiro atoms. The molecule has 0 aliphatic rings. The molecule has 0 fully saturated rings. The third-order valence-electron chi connectivity index (χ3n) is 3.09. The van der Waals surface area contributed by atoms with Crippen molar-refractivity contribution < 1.29 is 9.90 Å². The Morgan fingerprint density at radius 1 is 1.40 bits per heavy atom. The normalized spacial score (nSPS) is 13.7. The molecule has 114 valence electrons. The molecule has 0 saturated heterocycles. The monoisotopic (exact) mass is 281 g/mol. The highest BCUT2D eigenvalue weighted by Gasteiger charge is 2.25. The summed E-state index contributed by atoms with van der Waals surface area (Å²) in [5.74, 6) is -0.132. The Bertz CT molecular complexity index is 470. The summed E-state index contributed by atoms with van der Waals surface area (Å²) in [6.07, 6.45) is -0.549. The second-order valence-electron chi connectivity index (χ2n) is 6.65. The summed E-state index contributed by atoms with van der Waals surface area (Å²) in [4.78, 5) is 14.2. The predicted molar refractivity (Wildman–Crippen MR) is 79.8 cm³/mol. The molecule has 20 heavy (non-hydrogen) atoms. The molecule has 1 amide bonds. The van der Waals surface area contributed by atoms with E-state index in [4.69, 9.17) is 0 Å². The molecule has 0 radical (unpaired) electrons. The standard InChI is InChI=1S/C15H27N3O2/c1-10(2)17(9-12(4)19)14(20)13-8-11(3)18(16-13)15(5,6)7/h8,10,12,19H,9H2,1-7H3. The summed E-state index contributed by atoms with van der Waals surface area (Å²) in [6, 6.07) is 1.84. The van der Waals surface area contributed by atoms with Gasteiger partial charge in [-0.15, -0.1) is 0 Å². The molecule has 1 atom stereocenters. The first-order chi connectivity index (χ1) is 9.04. The smallest absolute Gasteiger partial charge is 0.274 e. The van der Waals surface area contributed by atoms with Gasteiger partial charge in [0.2, 0.25) is 0 Å². The van der Waals surface area contributed by atoms with Crippen LogP contribution < -0.4 is 0 Å². The Morgan fingerprint density at radius 3 is 2.30 bits per heavy atom. The minimum atomic E-state index is -0.549. The highest BCUT2D eigenvalue weighted by atomic mass is 16.3. The van der Waals surface area contributed by atoms with E-state index in [0.717, 1.165) is 5.69 Å². The van der Waals surface area contributed by atoms with Crippen LogP contribution in [0.4, 0.5) is 0 Å². The Labute approximate surface area is 121 Å². The first-order valence-corrected chi connectivity index (χ1v) is 7.10. The van der Waals surface area contributed by atoms with Gasteiger partial charge < -0.3 is 10.0 Å². The van der Waals surface area contributed by atoms with Gasteiger partial charge in [-0.25, -0.2) is 0 Å². The van der Waals surface area contributed by atoms with Crippen LogP contribution in [0.2, 0.25) is 0 Å². The third kappa shape index (κ3) is 3.82. The fraction of sp³-hybridized carbons (Fsp3) is 0.733. The van der Waals surface area contributed by atoms with Crippen LogP contribution in [0.5, 0.6) is 0 Å². The van der Waals surface area contributed by atoms with Crippen LogP contribution in [0, 0.1) is 6.92 Å². The van der Waals surface area contributed by atoms with Crippen molar-refractivity contribution in [3.05, 3.63) is 17.5 Å². The van der Waals surface area contributed by atoms with Crippen molar-refractivity contribution in [1.29, 1.82) is 0 Å². The Morgan fingerprint density at radius 2 is 1.95 bits per heavy atom. The van der Waals surface area contributed by atoms with Crippen LogP contribution in [-0.4, -0.2) is 44.4 Å². The van der Waals surface area contributed by atoms with Crippen molar-refractivity contribution in [3.8, 4) is 0 Å². The van der Waals surface area contributed by atoms with Gasteiger partial charge in [0.15, 0.2) is 5.69 Å². The number of hydrogen-bond acceptors (Lipinski definition) is 3. The van der Waals surface area contributed by atoms with Gasteiger partial charge in [0.25, 0.3) is 5.91 Å². The quantitative estimate of drug-likeness (QED) is 0.920. The third-order valence-corrected chi connectivity index (χ3v) is 3.09. The van der Waals surface area contributed by atoms with E-state index in [1.165, 1.54) is 0 Å². The van der Waals surface area contributed by atoms with Gasteiger partial charge >= 0.3 is 0 Å². The summed E-state index contributed by atoms with van der Waals surface area (Å²) in [6.45, 7) is 14.0. The van der Waals surface area contributed by atoms with Gasteiger partial charge in [-0.3, -0.25) is 9.48 Å². The number of nitrogens with zero attached hydrogens (tertiary/aromatic N) is 3. The van der Waals surface area contributed by atoms with E-state index in [1.807, 2.05) is 31.5 Å². The number of carbonyl (C=O) groups is 1. The van der Waals surface area contributed by atoms with Crippen LogP contribution >= 0.6 is 0 Å². The van der Waals surface area contributed by atoms with Crippen LogP contribution in [0.1, 0.15) is 57.7 Å². The highest BCUT2D eigenvalue weighted by molar-refractivity contribution is 5.92. The number of aromatic nitrogens is 2. The molecule has 1 aromatic rings. The zero-order valence-electron chi connectivity index (χ0n) is 13.6. The van der Waals surface area contributed by atoms with Gasteiger partial charge in [-0.1, -0.05) is 0 Å². The number of aliphatic hydroxyl groups is 1. The molecular formula is C15H27N3O2. The van der Waals surface area contributed by atoms with Gasteiger partial charge in [-0.2, -0.15) is 5.10 Å². The summed E-state index contributed by atoms with van der Waals surface area (Å²) in [7, 11) is 0. The van der Waals surface area contributed by atoms with E-state index >= 15 is 0 Å². The lowest BCUT2D eigenvalue weighted by Crippen LogP contribution is -2.41. The van der Waals surface area contributed by atoms with Crippen LogP contribution in [0.25, 0.3) is 0 Å². The van der Waals surface area contributed by atoms with E-state index in [0.29, 0.717) is 12.2 Å². The zero-order valence-corrected chi connectivity index (χ0v) is 13.6. The molecule has 0 aliphatic carbocycles. The molecule has 0 saturated carbocycles. The lowest BCUT2D eigenvalue weighted by atomic mass is 10.1. The molecule has 0 bridgehead atoms. The number of rotatable bonds is 4. The van der Waals surface area contributed by atoms with Crippen molar-refractivity contribution in [2.45, 2.75) is 66.2 Å². The number of aryl methyl sites for hydroxylation is 1. The Balaban J connectivity index is 3.07. The van der Waals surface area contributed by atoms with Crippen molar-refractivity contribution in [2.24, 2.45) is 0 Å². The van der Waals surface area contributed by atoms with Crippen LogP contribution in [0.3, 0.4) is 0 Å². The average Bonchev–Trinajstić information content (AvgIpc) is 2.66. The van der Waals surface area contributed by atoms with Crippen molar-refractivity contribution in [1.82, 2.24) is 14.7 Å². The number of aliphatic hydroxyl groups excluding tert-OH is 1. The predicted octanol–water partition coefficient (Wildman–Crippen LogP) is 2.18. The van der Waals surface area contributed by atoms with E-state index in [1.54, 1.807) is 11.8 Å². The molecule has 0 aliphatic heterocycles. The minimum absolute atomic E-state index is 0.0252. The van der Waals surface area contributed by atoms with Crippen molar-refractivity contribution >= 4 is 5.91 Å². The lowest BCUT2D eigenvalue weighted by molar-refractivity contribution is 0.0571. The summed E-state index contributed by atoms with van der Waals surface area (Å²) < 4.78 is 1.86. The van der Waals surface area contributed by atoms with Crippen LogP contribution in [0.15, 0.2) is 6.07 Å².